The minimum atomic E-state index is -4.72. The van der Waals surface area contributed by atoms with Crippen LogP contribution in [0.15, 0.2) is 18.2 Å². The number of benzene rings is 1. The summed E-state index contributed by atoms with van der Waals surface area (Å²) in [5.41, 5.74) is 2.66. The van der Waals surface area contributed by atoms with Crippen LogP contribution in [-0.2, 0) is 12.4 Å². The molecule has 0 saturated heterocycles. The van der Waals surface area contributed by atoms with Gasteiger partial charge in [0.2, 0.25) is 0 Å². The first-order valence-electron chi connectivity index (χ1n) is 5.11. The minimum Gasteiger partial charge on any atom is -0.324 e. The molecule has 110 valence electrons. The van der Waals surface area contributed by atoms with Crippen molar-refractivity contribution in [3.63, 3.8) is 0 Å². The fourth-order valence-electron chi connectivity index (χ4n) is 1.52. The summed E-state index contributed by atoms with van der Waals surface area (Å²) in [5, 5.41) is 0. The summed E-state index contributed by atoms with van der Waals surface area (Å²) in [6.07, 6.45) is -9.29. The van der Waals surface area contributed by atoms with E-state index in [1.165, 1.54) is 6.92 Å². The lowest BCUT2D eigenvalue weighted by Gasteiger charge is -2.19. The van der Waals surface area contributed by atoms with Crippen LogP contribution in [-0.4, -0.2) is 0 Å². The van der Waals surface area contributed by atoms with Crippen LogP contribution in [0.5, 0.6) is 0 Å². The first-order valence-corrected chi connectivity index (χ1v) is 5.11. The van der Waals surface area contributed by atoms with Gasteiger partial charge < -0.3 is 5.73 Å². The Morgan fingerprint density at radius 1 is 1.05 bits per heavy atom. The molecule has 0 radical (unpaired) electrons. The number of rotatable bonds is 2. The second-order valence-corrected chi connectivity index (χ2v) is 3.81. The molecule has 1 nitrogen and oxygen atoms in total. The highest BCUT2D eigenvalue weighted by Crippen LogP contribution is 2.38. The lowest BCUT2D eigenvalue weighted by molar-refractivity contribution is -0.142. The predicted molar refractivity (Wildman–Crippen MR) is 60.9 cm³/mol. The Kier molecular flexibility index (Phi) is 5.70. The second-order valence-electron chi connectivity index (χ2n) is 3.81. The Morgan fingerprint density at radius 3 is 1.95 bits per heavy atom. The van der Waals surface area contributed by atoms with Crippen molar-refractivity contribution >= 4 is 12.4 Å². The molecule has 0 fully saturated rings. The number of hydrogen-bond acceptors (Lipinski definition) is 1. The molecule has 0 bridgehead atoms. The van der Waals surface area contributed by atoms with Crippen molar-refractivity contribution in [1.82, 2.24) is 0 Å². The average molecular weight is 308 g/mol. The third-order valence-corrected chi connectivity index (χ3v) is 2.52. The van der Waals surface area contributed by atoms with Crippen molar-refractivity contribution in [3.8, 4) is 0 Å². The molecule has 1 atom stereocenters. The fourth-order valence-corrected chi connectivity index (χ4v) is 1.52. The molecule has 0 unspecified atom stereocenters. The normalized spacial score (nSPS) is 13.9. The first-order chi connectivity index (χ1) is 8.07. The highest BCUT2D eigenvalue weighted by Gasteiger charge is 2.37. The summed E-state index contributed by atoms with van der Waals surface area (Å²) < 4.78 is 75.2. The zero-order valence-electron chi connectivity index (χ0n) is 9.77. The molecule has 2 N–H and O–H groups in total. The summed E-state index contributed by atoms with van der Waals surface area (Å²) in [6, 6.07) is 0.225. The van der Waals surface area contributed by atoms with Crippen LogP contribution < -0.4 is 5.73 Å². The highest BCUT2D eigenvalue weighted by atomic mass is 35.5. The first kappa shape index (κ1) is 18.0. The van der Waals surface area contributed by atoms with E-state index in [-0.39, 0.29) is 18.8 Å². The Balaban J connectivity index is 0.00000324. The second kappa shape index (κ2) is 6.00. The molecule has 0 aliphatic carbocycles. The molecule has 1 aromatic carbocycles. The van der Waals surface area contributed by atoms with Gasteiger partial charge in [-0.25, -0.2) is 0 Å². The molecule has 0 spiro atoms. The smallest absolute Gasteiger partial charge is 0.324 e. The number of hydrogen-bond donors (Lipinski definition) is 1. The Labute approximate surface area is 112 Å². The largest absolute Gasteiger partial charge is 0.416 e. The van der Waals surface area contributed by atoms with E-state index >= 15 is 0 Å². The summed E-state index contributed by atoms with van der Waals surface area (Å²) in [6.45, 7) is 1.51. The van der Waals surface area contributed by atoms with Gasteiger partial charge in [-0.3, -0.25) is 0 Å². The van der Waals surface area contributed by atoms with Gasteiger partial charge in [0.05, 0.1) is 11.1 Å². The third-order valence-electron chi connectivity index (χ3n) is 2.52. The van der Waals surface area contributed by atoms with Gasteiger partial charge >= 0.3 is 12.4 Å². The van der Waals surface area contributed by atoms with E-state index in [0.29, 0.717) is 18.2 Å². The van der Waals surface area contributed by atoms with Gasteiger partial charge in [-0.2, -0.15) is 26.3 Å². The van der Waals surface area contributed by atoms with Crippen molar-refractivity contribution in [2.24, 2.45) is 5.73 Å². The van der Waals surface area contributed by atoms with Gasteiger partial charge in [0, 0.05) is 6.04 Å². The lowest BCUT2D eigenvalue weighted by atomic mass is 9.96. The van der Waals surface area contributed by atoms with E-state index < -0.39 is 35.1 Å². The van der Waals surface area contributed by atoms with Crippen molar-refractivity contribution in [3.05, 3.63) is 34.9 Å². The van der Waals surface area contributed by atoms with Gasteiger partial charge in [-0.05, 0) is 30.2 Å². The van der Waals surface area contributed by atoms with E-state index in [2.05, 4.69) is 0 Å². The van der Waals surface area contributed by atoms with Crippen LogP contribution in [0.4, 0.5) is 26.3 Å². The third kappa shape index (κ3) is 4.28. The van der Waals surface area contributed by atoms with E-state index in [0.717, 1.165) is 0 Å². The van der Waals surface area contributed by atoms with E-state index in [9.17, 15) is 26.3 Å². The Bertz CT molecular complexity index is 426. The average Bonchev–Trinajstić information content (AvgIpc) is 2.24. The fraction of sp³-hybridized carbons (Fsp3) is 0.455. The van der Waals surface area contributed by atoms with Crippen LogP contribution >= 0.6 is 12.4 Å². The highest BCUT2D eigenvalue weighted by molar-refractivity contribution is 5.85. The van der Waals surface area contributed by atoms with Crippen LogP contribution in [0.25, 0.3) is 0 Å². The molecule has 0 heterocycles. The van der Waals surface area contributed by atoms with Crippen molar-refractivity contribution in [1.29, 1.82) is 0 Å². The molecule has 0 saturated carbocycles. The summed E-state index contributed by atoms with van der Waals surface area (Å²) >= 11 is 0. The molecule has 1 rings (SSSR count). The minimum absolute atomic E-state index is 0. The van der Waals surface area contributed by atoms with Crippen LogP contribution in [0, 0.1) is 0 Å². The zero-order valence-corrected chi connectivity index (χ0v) is 10.6. The Morgan fingerprint density at radius 2 is 1.58 bits per heavy atom. The van der Waals surface area contributed by atoms with Crippen LogP contribution in [0.1, 0.15) is 36.1 Å². The molecular weight excluding hydrogens is 296 g/mol. The van der Waals surface area contributed by atoms with E-state index in [1.54, 1.807) is 0 Å². The van der Waals surface area contributed by atoms with Crippen molar-refractivity contribution in [2.75, 3.05) is 0 Å². The molecule has 1 aromatic rings. The summed E-state index contributed by atoms with van der Waals surface area (Å²) in [7, 11) is 0. The van der Waals surface area contributed by atoms with Gasteiger partial charge in [0.15, 0.2) is 0 Å². The van der Waals surface area contributed by atoms with Gasteiger partial charge in [0.1, 0.15) is 0 Å². The van der Waals surface area contributed by atoms with Crippen molar-refractivity contribution in [2.45, 2.75) is 31.7 Å². The number of nitrogens with two attached hydrogens (primary N) is 1. The maximum atomic E-state index is 12.6. The summed E-state index contributed by atoms with van der Waals surface area (Å²) in [5.74, 6) is 0. The summed E-state index contributed by atoms with van der Waals surface area (Å²) in [4.78, 5) is 0. The maximum Gasteiger partial charge on any atom is 0.416 e. The molecular formula is C11H12ClF6N. The molecule has 0 aromatic heterocycles. The quantitative estimate of drug-likeness (QED) is 0.797. The molecule has 0 aliphatic heterocycles. The number of halogens is 7. The van der Waals surface area contributed by atoms with E-state index in [1.807, 2.05) is 0 Å². The number of alkyl halides is 6. The lowest BCUT2D eigenvalue weighted by Crippen LogP contribution is -2.18. The topological polar surface area (TPSA) is 26.0 Å². The molecule has 8 heteroatoms. The standard InChI is InChI=1S/C11H11F6N.ClH/c1-2-9(18)7-5-6(10(12,13)14)3-4-8(7)11(15,16)17;/h3-5,9H,2,18H2,1H3;1H/t9-;/m0./s1. The van der Waals surface area contributed by atoms with Gasteiger partial charge in [-0.15, -0.1) is 12.4 Å². The van der Waals surface area contributed by atoms with Gasteiger partial charge in [0.25, 0.3) is 0 Å². The van der Waals surface area contributed by atoms with Crippen LogP contribution in [0.2, 0.25) is 0 Å². The Hall–Kier alpha value is -0.950. The molecule has 19 heavy (non-hydrogen) atoms. The molecule has 0 amide bonds. The van der Waals surface area contributed by atoms with E-state index in [4.69, 9.17) is 5.73 Å². The predicted octanol–water partition coefficient (Wildman–Crippen LogP) is 4.56. The molecule has 0 aliphatic rings. The SMILES string of the molecule is CC[C@H](N)c1cc(C(F)(F)F)ccc1C(F)(F)F.Cl. The van der Waals surface area contributed by atoms with Crippen LogP contribution in [0.3, 0.4) is 0 Å². The zero-order chi connectivity index (χ0) is 14.1. The van der Waals surface area contributed by atoms with Gasteiger partial charge in [-0.1, -0.05) is 6.92 Å². The maximum absolute atomic E-state index is 12.6. The monoisotopic (exact) mass is 307 g/mol. The van der Waals surface area contributed by atoms with Crippen molar-refractivity contribution < 1.29 is 26.3 Å².